The molecule has 2 amide bonds. The Morgan fingerprint density at radius 3 is 2.15 bits per heavy atom. The van der Waals surface area contributed by atoms with Gasteiger partial charge in [0.15, 0.2) is 0 Å². The molecule has 0 aliphatic carbocycles. The van der Waals surface area contributed by atoms with Crippen molar-refractivity contribution in [2.75, 3.05) is 29.9 Å². The predicted molar refractivity (Wildman–Crippen MR) is 157 cm³/mol. The van der Waals surface area contributed by atoms with Crippen molar-refractivity contribution in [3.05, 3.63) is 101 Å². The smallest absolute Gasteiger partial charge is 0.338 e. The Kier molecular flexibility index (Phi) is 10.0. The van der Waals surface area contributed by atoms with E-state index in [1.807, 2.05) is 69.9 Å². The molecule has 0 aliphatic heterocycles. The van der Waals surface area contributed by atoms with E-state index in [1.165, 1.54) is 0 Å². The highest BCUT2D eigenvalue weighted by atomic mass is 16.5. The van der Waals surface area contributed by atoms with Gasteiger partial charge in [-0.25, -0.2) is 4.79 Å². The summed E-state index contributed by atoms with van der Waals surface area (Å²) in [5.41, 5.74) is 5.62. The van der Waals surface area contributed by atoms with Gasteiger partial charge in [-0.15, -0.1) is 0 Å². The zero-order valence-corrected chi connectivity index (χ0v) is 23.6. The molecule has 3 aromatic rings. The van der Waals surface area contributed by atoms with Gasteiger partial charge >= 0.3 is 5.97 Å². The van der Waals surface area contributed by atoms with E-state index in [-0.39, 0.29) is 17.8 Å². The molecule has 3 rings (SSSR count). The normalized spacial score (nSPS) is 11.1. The number of hydrogen-bond donors (Lipinski definition) is 1. The van der Waals surface area contributed by atoms with E-state index in [0.29, 0.717) is 42.1 Å². The van der Waals surface area contributed by atoms with Gasteiger partial charge in [0, 0.05) is 47.0 Å². The van der Waals surface area contributed by atoms with Gasteiger partial charge in [0.2, 0.25) is 0 Å². The second kappa shape index (κ2) is 13.4. The maximum Gasteiger partial charge on any atom is 0.338 e. The summed E-state index contributed by atoms with van der Waals surface area (Å²) >= 11 is 0. The molecule has 0 heterocycles. The first kappa shape index (κ1) is 29.2. The summed E-state index contributed by atoms with van der Waals surface area (Å²) in [5.74, 6) is -0.683. The van der Waals surface area contributed by atoms with Crippen molar-refractivity contribution < 1.29 is 19.1 Å². The standard InChI is InChI=1S/C32H37N3O4/c1-7-23(6)35(28-13-11-12-26(20-28)32(38)39-10-4)29-21-25(15-14-22(29)5)30(36)33-27-18-16-24(17-19-27)31(37)34(8-2)9-3/h7,11-21H,8-10H2,1-6H3,(H,33,36)/b23-7-. The molecule has 0 radical (unpaired) electrons. The number of anilines is 3. The molecular formula is C32H37N3O4. The number of amides is 2. The van der Waals surface area contributed by atoms with Crippen LogP contribution in [0.4, 0.5) is 17.1 Å². The summed E-state index contributed by atoms with van der Waals surface area (Å²) in [7, 11) is 0. The third kappa shape index (κ3) is 6.93. The van der Waals surface area contributed by atoms with Crippen molar-refractivity contribution in [1.29, 1.82) is 0 Å². The Balaban J connectivity index is 1.90. The van der Waals surface area contributed by atoms with Crippen LogP contribution >= 0.6 is 0 Å². The fourth-order valence-corrected chi connectivity index (χ4v) is 4.23. The molecule has 3 aromatic carbocycles. The lowest BCUT2D eigenvalue weighted by molar-refractivity contribution is 0.0526. The molecule has 204 valence electrons. The number of esters is 1. The van der Waals surface area contributed by atoms with E-state index in [0.717, 1.165) is 22.6 Å². The monoisotopic (exact) mass is 527 g/mol. The van der Waals surface area contributed by atoms with E-state index in [2.05, 4.69) is 5.32 Å². The molecule has 1 N–H and O–H groups in total. The molecule has 0 fully saturated rings. The zero-order chi connectivity index (χ0) is 28.5. The van der Waals surface area contributed by atoms with E-state index < -0.39 is 0 Å². The van der Waals surface area contributed by atoms with Gasteiger partial charge in [-0.3, -0.25) is 9.59 Å². The van der Waals surface area contributed by atoms with Crippen molar-refractivity contribution in [2.24, 2.45) is 0 Å². The number of carbonyl (C=O) groups excluding carboxylic acids is 3. The number of carbonyl (C=O) groups is 3. The van der Waals surface area contributed by atoms with Gasteiger partial charge in [0.05, 0.1) is 12.2 Å². The summed E-state index contributed by atoms with van der Waals surface area (Å²) in [4.78, 5) is 42.0. The van der Waals surface area contributed by atoms with Crippen LogP contribution in [-0.2, 0) is 4.74 Å². The van der Waals surface area contributed by atoms with Crippen LogP contribution in [0.2, 0.25) is 0 Å². The quantitative estimate of drug-likeness (QED) is 0.288. The van der Waals surface area contributed by atoms with Crippen LogP contribution in [0.3, 0.4) is 0 Å². The Labute approximate surface area is 231 Å². The van der Waals surface area contributed by atoms with Gasteiger partial charge in [0.25, 0.3) is 11.8 Å². The summed E-state index contributed by atoms with van der Waals surface area (Å²) in [6.45, 7) is 13.1. The third-order valence-electron chi connectivity index (χ3n) is 6.54. The molecule has 0 bridgehead atoms. The van der Waals surface area contributed by atoms with Gasteiger partial charge in [-0.1, -0.05) is 18.2 Å². The highest BCUT2D eigenvalue weighted by Crippen LogP contribution is 2.34. The van der Waals surface area contributed by atoms with Crippen LogP contribution in [-0.4, -0.2) is 42.4 Å². The van der Waals surface area contributed by atoms with Crippen LogP contribution in [0.1, 0.15) is 71.3 Å². The molecule has 0 aromatic heterocycles. The van der Waals surface area contributed by atoms with Gasteiger partial charge in [-0.2, -0.15) is 0 Å². The number of ether oxygens (including phenoxy) is 1. The Morgan fingerprint density at radius 1 is 0.872 bits per heavy atom. The topological polar surface area (TPSA) is 79.0 Å². The SMILES string of the molecule is C/C=C(/C)N(c1cccc(C(=O)OCC)c1)c1cc(C(=O)Nc2ccc(C(=O)N(CC)CC)cc2)ccc1C. The van der Waals surface area contributed by atoms with E-state index in [4.69, 9.17) is 4.74 Å². The minimum absolute atomic E-state index is 0.0347. The summed E-state index contributed by atoms with van der Waals surface area (Å²) < 4.78 is 5.18. The second-order valence-electron chi connectivity index (χ2n) is 9.05. The molecule has 0 unspecified atom stereocenters. The highest BCUT2D eigenvalue weighted by molar-refractivity contribution is 6.05. The molecule has 0 saturated heterocycles. The number of aryl methyl sites for hydroxylation is 1. The van der Waals surface area contributed by atoms with Crippen LogP contribution in [0.25, 0.3) is 0 Å². The number of nitrogens with zero attached hydrogens (tertiary/aromatic N) is 2. The van der Waals surface area contributed by atoms with Gasteiger partial charge in [-0.05, 0) is 102 Å². The molecule has 0 aliphatic rings. The molecule has 7 heteroatoms. The molecule has 39 heavy (non-hydrogen) atoms. The summed E-state index contributed by atoms with van der Waals surface area (Å²) in [6.07, 6.45) is 1.98. The highest BCUT2D eigenvalue weighted by Gasteiger charge is 2.19. The first-order chi connectivity index (χ1) is 18.7. The number of rotatable bonds is 10. The van der Waals surface area contributed by atoms with Crippen LogP contribution in [0.5, 0.6) is 0 Å². The minimum atomic E-state index is -0.382. The lowest BCUT2D eigenvalue weighted by Gasteiger charge is -2.28. The molecule has 0 spiro atoms. The van der Waals surface area contributed by atoms with Gasteiger partial charge in [0.1, 0.15) is 0 Å². The Morgan fingerprint density at radius 2 is 1.54 bits per heavy atom. The van der Waals surface area contributed by atoms with Crippen molar-refractivity contribution in [2.45, 2.75) is 41.5 Å². The lowest BCUT2D eigenvalue weighted by Crippen LogP contribution is -2.30. The van der Waals surface area contributed by atoms with Crippen molar-refractivity contribution in [3.63, 3.8) is 0 Å². The minimum Gasteiger partial charge on any atom is -0.462 e. The first-order valence-corrected chi connectivity index (χ1v) is 13.3. The van der Waals surface area contributed by atoms with Crippen LogP contribution < -0.4 is 10.2 Å². The first-order valence-electron chi connectivity index (χ1n) is 13.3. The lowest BCUT2D eigenvalue weighted by atomic mass is 10.1. The summed E-state index contributed by atoms with van der Waals surface area (Å²) in [6, 6.07) is 19.7. The van der Waals surface area contributed by atoms with E-state index in [9.17, 15) is 14.4 Å². The fourth-order valence-electron chi connectivity index (χ4n) is 4.23. The number of benzene rings is 3. The Bertz CT molecular complexity index is 1360. The molecule has 0 atom stereocenters. The van der Waals surface area contributed by atoms with Crippen LogP contribution in [0.15, 0.2) is 78.5 Å². The largest absolute Gasteiger partial charge is 0.462 e. The number of hydrogen-bond acceptors (Lipinski definition) is 5. The maximum atomic E-state index is 13.2. The number of allylic oxidation sites excluding steroid dienone is 2. The van der Waals surface area contributed by atoms with E-state index in [1.54, 1.807) is 54.3 Å². The zero-order valence-electron chi connectivity index (χ0n) is 23.6. The van der Waals surface area contributed by atoms with Crippen molar-refractivity contribution in [1.82, 2.24) is 4.90 Å². The average molecular weight is 528 g/mol. The second-order valence-corrected chi connectivity index (χ2v) is 9.05. The maximum absolute atomic E-state index is 13.2. The summed E-state index contributed by atoms with van der Waals surface area (Å²) in [5, 5.41) is 2.93. The van der Waals surface area contributed by atoms with Gasteiger partial charge < -0.3 is 19.9 Å². The van der Waals surface area contributed by atoms with Crippen molar-refractivity contribution >= 4 is 34.8 Å². The molecule has 7 nitrogen and oxygen atoms in total. The van der Waals surface area contributed by atoms with E-state index >= 15 is 0 Å². The van der Waals surface area contributed by atoms with Crippen molar-refractivity contribution in [3.8, 4) is 0 Å². The third-order valence-corrected chi connectivity index (χ3v) is 6.54. The molecular weight excluding hydrogens is 490 g/mol. The Hall–Kier alpha value is -4.39. The molecule has 0 saturated carbocycles. The number of nitrogens with one attached hydrogen (secondary N) is 1. The predicted octanol–water partition coefficient (Wildman–Crippen LogP) is 6.97. The average Bonchev–Trinajstić information content (AvgIpc) is 2.95. The fraction of sp³-hybridized carbons (Fsp3) is 0.281. The van der Waals surface area contributed by atoms with Crippen LogP contribution in [0, 0.1) is 6.92 Å².